The maximum Gasteiger partial charge on any atom is 0.142 e. The average Bonchev–Trinajstić information content (AvgIpc) is 2.54. The van der Waals surface area contributed by atoms with Gasteiger partial charge >= 0.3 is 0 Å². The van der Waals surface area contributed by atoms with E-state index in [4.69, 9.17) is 9.73 Å². The zero-order valence-electron chi connectivity index (χ0n) is 15.8. The molecule has 0 spiro atoms. The summed E-state index contributed by atoms with van der Waals surface area (Å²) in [5.41, 5.74) is 5.19. The summed E-state index contributed by atoms with van der Waals surface area (Å²) in [7, 11) is -0.693. The molecule has 0 aliphatic heterocycles. The lowest BCUT2D eigenvalue weighted by Crippen LogP contribution is -2.09. The molecule has 0 radical (unpaired) electrons. The fraction of sp³-hybridized carbons (Fsp3) is 0.300. The number of amidine groups is 1. The predicted octanol–water partition coefficient (Wildman–Crippen LogP) is 4.49. The third kappa shape index (κ3) is 4.42. The standard InChI is InChI=1S/C20H26N2O2S/c1-13-8-9-14(2)20(15(13)3)22-16(4)21-18-12-17(25(6,7)23)10-11-19(18)24-5/h8-12H,6H2,1-5,7H3,(H,21,22). The van der Waals surface area contributed by atoms with Crippen molar-refractivity contribution < 1.29 is 8.95 Å². The summed E-state index contributed by atoms with van der Waals surface area (Å²) < 4.78 is 17.6. The molecular formula is C20H26N2O2S. The van der Waals surface area contributed by atoms with Crippen LogP contribution < -0.4 is 10.1 Å². The van der Waals surface area contributed by atoms with Gasteiger partial charge in [0.25, 0.3) is 0 Å². The van der Waals surface area contributed by atoms with Gasteiger partial charge in [-0.25, -0.2) is 4.99 Å². The number of aryl methyl sites for hydroxylation is 2. The highest BCUT2D eigenvalue weighted by molar-refractivity contribution is 7.99. The second-order valence-corrected chi connectivity index (χ2v) is 8.84. The predicted molar refractivity (Wildman–Crippen MR) is 109 cm³/mol. The van der Waals surface area contributed by atoms with E-state index in [-0.39, 0.29) is 0 Å². The lowest BCUT2D eigenvalue weighted by molar-refractivity contribution is 0.416. The molecule has 1 N–H and O–H groups in total. The normalized spacial score (nSPS) is 14.1. The Hall–Kier alpha value is -2.27. The van der Waals surface area contributed by atoms with Gasteiger partial charge in [0.15, 0.2) is 0 Å². The second kappa shape index (κ2) is 7.31. The van der Waals surface area contributed by atoms with Crippen molar-refractivity contribution >= 4 is 32.6 Å². The van der Waals surface area contributed by atoms with Crippen LogP contribution >= 0.6 is 0 Å². The molecule has 2 aromatic carbocycles. The van der Waals surface area contributed by atoms with E-state index < -0.39 is 9.52 Å². The summed E-state index contributed by atoms with van der Waals surface area (Å²) in [5.74, 6) is 5.15. The first kappa shape index (κ1) is 19.1. The minimum Gasteiger partial charge on any atom is -0.495 e. The summed E-state index contributed by atoms with van der Waals surface area (Å²) in [6.45, 7) is 8.11. The SMILES string of the molecule is C=S(C)(=O)c1ccc(OC)c(NC(C)=Nc2c(C)ccc(C)c2C)c1. The average molecular weight is 359 g/mol. The quantitative estimate of drug-likeness (QED) is 0.498. The lowest BCUT2D eigenvalue weighted by Gasteiger charge is -2.14. The fourth-order valence-corrected chi connectivity index (χ4v) is 3.28. The number of aliphatic imine (C=N–C) groups is 1. The van der Waals surface area contributed by atoms with Crippen molar-refractivity contribution in [2.75, 3.05) is 18.7 Å². The van der Waals surface area contributed by atoms with Crippen LogP contribution in [0.15, 0.2) is 40.2 Å². The van der Waals surface area contributed by atoms with E-state index in [1.165, 1.54) is 5.56 Å². The van der Waals surface area contributed by atoms with Crippen LogP contribution in [0.4, 0.5) is 11.4 Å². The first-order chi connectivity index (χ1) is 11.6. The van der Waals surface area contributed by atoms with Crippen molar-refractivity contribution in [2.45, 2.75) is 32.6 Å². The second-order valence-electron chi connectivity index (χ2n) is 6.36. The van der Waals surface area contributed by atoms with Crippen LogP contribution in [0.1, 0.15) is 23.6 Å². The summed E-state index contributed by atoms with van der Waals surface area (Å²) in [5, 5.41) is 3.27. The number of benzene rings is 2. The van der Waals surface area contributed by atoms with Gasteiger partial charge in [-0.05, 0) is 78.0 Å². The van der Waals surface area contributed by atoms with E-state index in [1.54, 1.807) is 25.5 Å². The lowest BCUT2D eigenvalue weighted by atomic mass is 10.0. The Bertz CT molecular complexity index is 929. The molecule has 0 bridgehead atoms. The minimum absolute atomic E-state index is 0.666. The Morgan fingerprint density at radius 3 is 2.40 bits per heavy atom. The Kier molecular flexibility index (Phi) is 5.58. The van der Waals surface area contributed by atoms with E-state index in [0.717, 1.165) is 28.3 Å². The molecular weight excluding hydrogens is 332 g/mol. The Morgan fingerprint density at radius 1 is 1.16 bits per heavy atom. The highest BCUT2D eigenvalue weighted by atomic mass is 32.2. The van der Waals surface area contributed by atoms with Crippen molar-refractivity contribution in [2.24, 2.45) is 4.99 Å². The summed E-state index contributed by atoms with van der Waals surface area (Å²) >= 11 is 0. The molecule has 5 heteroatoms. The van der Waals surface area contributed by atoms with Crippen LogP contribution in [0.3, 0.4) is 0 Å². The van der Waals surface area contributed by atoms with Crippen molar-refractivity contribution in [1.82, 2.24) is 0 Å². The van der Waals surface area contributed by atoms with E-state index in [1.807, 2.05) is 13.0 Å². The zero-order valence-corrected chi connectivity index (χ0v) is 16.6. The van der Waals surface area contributed by atoms with Gasteiger partial charge in [-0.15, -0.1) is 0 Å². The molecule has 0 saturated heterocycles. The molecule has 4 nitrogen and oxygen atoms in total. The van der Waals surface area contributed by atoms with Gasteiger partial charge < -0.3 is 10.1 Å². The van der Waals surface area contributed by atoms with E-state index in [9.17, 15) is 4.21 Å². The van der Waals surface area contributed by atoms with E-state index in [2.05, 4.69) is 44.1 Å². The first-order valence-electron chi connectivity index (χ1n) is 8.03. The molecule has 0 aliphatic carbocycles. The van der Waals surface area contributed by atoms with Gasteiger partial charge in [0, 0.05) is 11.2 Å². The Morgan fingerprint density at radius 2 is 1.80 bits per heavy atom. The number of anilines is 1. The molecule has 1 unspecified atom stereocenters. The molecule has 134 valence electrons. The molecule has 0 aliphatic rings. The largest absolute Gasteiger partial charge is 0.495 e. The number of hydrogen-bond donors (Lipinski definition) is 1. The smallest absolute Gasteiger partial charge is 0.142 e. The number of rotatable bonds is 4. The van der Waals surface area contributed by atoms with Crippen LogP contribution in [0.2, 0.25) is 0 Å². The third-order valence-electron chi connectivity index (χ3n) is 4.17. The van der Waals surface area contributed by atoms with Gasteiger partial charge in [0.1, 0.15) is 11.6 Å². The summed E-state index contributed by atoms with van der Waals surface area (Å²) in [6, 6.07) is 9.56. The fourth-order valence-electron chi connectivity index (χ4n) is 2.55. The number of nitrogens with one attached hydrogen (secondary N) is 1. The number of ether oxygens (including phenoxy) is 1. The van der Waals surface area contributed by atoms with E-state index in [0.29, 0.717) is 10.6 Å². The molecule has 0 saturated carbocycles. The number of nitrogens with zero attached hydrogens (tertiary/aromatic N) is 1. The molecule has 1 atom stereocenters. The first-order valence-corrected chi connectivity index (χ1v) is 10.2. The summed E-state index contributed by atoms with van der Waals surface area (Å²) in [6.07, 6.45) is 1.62. The maximum absolute atomic E-state index is 12.2. The van der Waals surface area contributed by atoms with Crippen LogP contribution in [0.25, 0.3) is 0 Å². The Labute approximate surface area is 151 Å². The molecule has 2 aromatic rings. The Balaban J connectivity index is 2.44. The molecule has 0 amide bonds. The number of hydrogen-bond acceptors (Lipinski definition) is 3. The van der Waals surface area contributed by atoms with Gasteiger partial charge in [-0.3, -0.25) is 4.21 Å². The molecule has 2 rings (SSSR count). The van der Waals surface area contributed by atoms with E-state index >= 15 is 0 Å². The molecule has 0 fully saturated rings. The third-order valence-corrected chi connectivity index (χ3v) is 5.42. The van der Waals surface area contributed by atoms with Gasteiger partial charge in [-0.1, -0.05) is 12.1 Å². The van der Waals surface area contributed by atoms with Crippen LogP contribution in [-0.2, 0) is 9.52 Å². The molecule has 0 heterocycles. The zero-order chi connectivity index (χ0) is 18.8. The highest BCUT2D eigenvalue weighted by Crippen LogP contribution is 2.29. The van der Waals surface area contributed by atoms with Crippen molar-refractivity contribution in [1.29, 1.82) is 0 Å². The van der Waals surface area contributed by atoms with Gasteiger partial charge in [0.2, 0.25) is 0 Å². The summed E-state index contributed by atoms with van der Waals surface area (Å²) in [4.78, 5) is 5.42. The van der Waals surface area contributed by atoms with Gasteiger partial charge in [0.05, 0.1) is 18.5 Å². The van der Waals surface area contributed by atoms with Crippen molar-refractivity contribution in [3.8, 4) is 5.75 Å². The monoisotopic (exact) mass is 358 g/mol. The van der Waals surface area contributed by atoms with Crippen LogP contribution in [-0.4, -0.2) is 29.3 Å². The highest BCUT2D eigenvalue weighted by Gasteiger charge is 2.10. The number of methoxy groups -OCH3 is 1. The van der Waals surface area contributed by atoms with Crippen LogP contribution in [0.5, 0.6) is 5.75 Å². The van der Waals surface area contributed by atoms with Gasteiger partial charge in [-0.2, -0.15) is 0 Å². The minimum atomic E-state index is -2.30. The van der Waals surface area contributed by atoms with Crippen LogP contribution in [0, 0.1) is 20.8 Å². The molecule has 0 aromatic heterocycles. The van der Waals surface area contributed by atoms with Crippen molar-refractivity contribution in [3.63, 3.8) is 0 Å². The topological polar surface area (TPSA) is 50.7 Å². The molecule has 25 heavy (non-hydrogen) atoms. The maximum atomic E-state index is 12.2. The van der Waals surface area contributed by atoms with Crippen molar-refractivity contribution in [3.05, 3.63) is 47.0 Å².